The highest BCUT2D eigenvalue weighted by Crippen LogP contribution is 2.21. The number of carbonyl (C=O) groups is 2. The van der Waals surface area contributed by atoms with Crippen LogP contribution in [0.2, 0.25) is 0 Å². The number of thiophene rings is 1. The number of methoxy groups -OCH3 is 1. The van der Waals surface area contributed by atoms with Gasteiger partial charge in [-0.2, -0.15) is 0 Å². The molecule has 0 aliphatic rings. The molecule has 0 atom stereocenters. The minimum Gasteiger partial charge on any atom is -0.465 e. The van der Waals surface area contributed by atoms with Crippen LogP contribution in [-0.2, 0) is 20.9 Å². The summed E-state index contributed by atoms with van der Waals surface area (Å²) in [6, 6.07) is 8.64. The third kappa shape index (κ3) is 4.82. The van der Waals surface area contributed by atoms with E-state index in [2.05, 4.69) is 20.7 Å². The maximum absolute atomic E-state index is 11.6. The van der Waals surface area contributed by atoms with Gasteiger partial charge in [-0.15, -0.1) is 11.3 Å². The molecule has 6 heteroatoms. The molecular formula is C16H13BrO4S. The molecule has 1 heterocycles. The van der Waals surface area contributed by atoms with Gasteiger partial charge < -0.3 is 9.47 Å². The summed E-state index contributed by atoms with van der Waals surface area (Å²) in [4.78, 5) is 22.9. The Labute approximate surface area is 140 Å². The van der Waals surface area contributed by atoms with Gasteiger partial charge in [-0.25, -0.2) is 9.59 Å². The Morgan fingerprint density at radius 1 is 1.27 bits per heavy atom. The minimum absolute atomic E-state index is 0.243. The molecule has 0 spiro atoms. The Hall–Kier alpha value is -1.92. The van der Waals surface area contributed by atoms with Gasteiger partial charge in [-0.3, -0.25) is 0 Å². The lowest BCUT2D eigenvalue weighted by atomic mass is 10.1. The van der Waals surface area contributed by atoms with Crippen LogP contribution in [0.4, 0.5) is 0 Å². The molecular weight excluding hydrogens is 368 g/mol. The summed E-state index contributed by atoms with van der Waals surface area (Å²) in [5.74, 6) is -0.809. The van der Waals surface area contributed by atoms with Crippen molar-refractivity contribution in [1.29, 1.82) is 0 Å². The van der Waals surface area contributed by atoms with E-state index >= 15 is 0 Å². The zero-order chi connectivity index (χ0) is 15.9. The van der Waals surface area contributed by atoms with E-state index in [4.69, 9.17) is 4.74 Å². The number of hydrogen-bond donors (Lipinski definition) is 0. The maximum atomic E-state index is 11.6. The van der Waals surface area contributed by atoms with E-state index in [0.717, 1.165) is 14.9 Å². The van der Waals surface area contributed by atoms with Gasteiger partial charge in [0.2, 0.25) is 0 Å². The van der Waals surface area contributed by atoms with E-state index in [-0.39, 0.29) is 6.61 Å². The molecule has 0 amide bonds. The highest BCUT2D eigenvalue weighted by atomic mass is 79.9. The zero-order valence-electron chi connectivity index (χ0n) is 11.7. The van der Waals surface area contributed by atoms with E-state index in [0.29, 0.717) is 5.56 Å². The van der Waals surface area contributed by atoms with Gasteiger partial charge in [-0.1, -0.05) is 12.1 Å². The second kappa shape index (κ2) is 7.91. The average Bonchev–Trinajstić information content (AvgIpc) is 2.96. The second-order valence-corrected chi connectivity index (χ2v) is 6.60. The zero-order valence-corrected chi connectivity index (χ0v) is 14.1. The van der Waals surface area contributed by atoms with Gasteiger partial charge in [0, 0.05) is 11.6 Å². The van der Waals surface area contributed by atoms with E-state index < -0.39 is 11.9 Å². The molecule has 0 unspecified atom stereocenters. The number of esters is 2. The van der Waals surface area contributed by atoms with E-state index in [9.17, 15) is 9.59 Å². The molecule has 4 nitrogen and oxygen atoms in total. The summed E-state index contributed by atoms with van der Waals surface area (Å²) in [6.45, 7) is 0.243. The number of carbonyl (C=O) groups excluding carboxylic acids is 2. The topological polar surface area (TPSA) is 52.6 Å². The molecule has 1 aromatic heterocycles. The monoisotopic (exact) mass is 380 g/mol. The van der Waals surface area contributed by atoms with Gasteiger partial charge in [0.15, 0.2) is 0 Å². The first-order chi connectivity index (χ1) is 10.6. The normalized spacial score (nSPS) is 10.6. The maximum Gasteiger partial charge on any atom is 0.337 e. The van der Waals surface area contributed by atoms with E-state index in [1.54, 1.807) is 41.7 Å². The number of rotatable bonds is 5. The fourth-order valence-electron chi connectivity index (χ4n) is 1.64. The van der Waals surface area contributed by atoms with Crippen LogP contribution in [0.5, 0.6) is 0 Å². The van der Waals surface area contributed by atoms with Crippen molar-refractivity contribution in [3.8, 4) is 0 Å². The second-order valence-electron chi connectivity index (χ2n) is 4.31. The lowest BCUT2D eigenvalue weighted by molar-refractivity contribution is -0.138. The van der Waals surface area contributed by atoms with Crippen LogP contribution in [0, 0.1) is 0 Å². The molecule has 1 aromatic carbocycles. The predicted octanol–water partition coefficient (Wildman–Crippen LogP) is 4.05. The Balaban J connectivity index is 1.88. The molecule has 0 aliphatic heterocycles. The van der Waals surface area contributed by atoms with Crippen molar-refractivity contribution >= 4 is 45.3 Å². The van der Waals surface area contributed by atoms with Crippen LogP contribution in [0.1, 0.15) is 21.5 Å². The summed E-state index contributed by atoms with van der Waals surface area (Å²) < 4.78 is 10.7. The molecule has 0 bridgehead atoms. The van der Waals surface area contributed by atoms with Crippen LogP contribution in [0.3, 0.4) is 0 Å². The molecule has 0 saturated heterocycles. The van der Waals surface area contributed by atoms with Crippen LogP contribution in [-0.4, -0.2) is 19.0 Å². The fraction of sp³-hybridized carbons (Fsp3) is 0.125. The Kier molecular flexibility index (Phi) is 5.91. The van der Waals surface area contributed by atoms with Crippen LogP contribution >= 0.6 is 27.3 Å². The Bertz CT molecular complexity index is 688. The summed E-state index contributed by atoms with van der Waals surface area (Å²) >= 11 is 4.89. The average molecular weight is 381 g/mol. The Morgan fingerprint density at radius 3 is 2.59 bits per heavy atom. The standard InChI is InChI=1S/C16H13BrO4S/c1-20-16(19)13-5-2-11(3-6-13)4-7-15(18)21-9-12-8-14(17)22-10-12/h2-8,10H,9H2,1H3/b7-4+. The number of ether oxygens (including phenoxy) is 2. The largest absolute Gasteiger partial charge is 0.465 e. The van der Waals surface area contributed by atoms with E-state index in [1.165, 1.54) is 13.2 Å². The first kappa shape index (κ1) is 16.5. The van der Waals surface area contributed by atoms with Gasteiger partial charge in [-0.05, 0) is 51.1 Å². The molecule has 0 saturated carbocycles. The number of halogens is 1. The fourth-order valence-corrected chi connectivity index (χ4v) is 2.83. The van der Waals surface area contributed by atoms with Gasteiger partial charge in [0.1, 0.15) is 6.61 Å². The van der Waals surface area contributed by atoms with Crippen molar-refractivity contribution in [2.75, 3.05) is 7.11 Å². The summed E-state index contributed by atoms with van der Waals surface area (Å²) in [5, 5.41) is 1.92. The highest BCUT2D eigenvalue weighted by molar-refractivity contribution is 9.11. The highest BCUT2D eigenvalue weighted by Gasteiger charge is 2.04. The Morgan fingerprint density at radius 2 is 2.00 bits per heavy atom. The number of benzene rings is 1. The molecule has 0 N–H and O–H groups in total. The first-order valence-corrected chi connectivity index (χ1v) is 8.02. The molecule has 0 radical (unpaired) electrons. The summed E-state index contributed by atoms with van der Waals surface area (Å²) in [6.07, 6.45) is 2.99. The van der Waals surface area contributed by atoms with Crippen LogP contribution in [0.25, 0.3) is 6.08 Å². The third-order valence-corrected chi connectivity index (χ3v) is 4.30. The predicted molar refractivity (Wildman–Crippen MR) is 88.6 cm³/mol. The lowest BCUT2D eigenvalue weighted by Crippen LogP contribution is -2.01. The molecule has 2 rings (SSSR count). The lowest BCUT2D eigenvalue weighted by Gasteiger charge is -2.00. The van der Waals surface area contributed by atoms with Gasteiger partial charge in [0.25, 0.3) is 0 Å². The van der Waals surface area contributed by atoms with Crippen molar-refractivity contribution in [1.82, 2.24) is 0 Å². The van der Waals surface area contributed by atoms with E-state index in [1.807, 2.05) is 11.4 Å². The quantitative estimate of drug-likeness (QED) is 0.579. The minimum atomic E-state index is -0.417. The smallest absolute Gasteiger partial charge is 0.337 e. The molecule has 0 aliphatic carbocycles. The van der Waals surface area contributed by atoms with Crippen molar-refractivity contribution in [3.63, 3.8) is 0 Å². The summed E-state index contributed by atoms with van der Waals surface area (Å²) in [7, 11) is 1.33. The van der Waals surface area contributed by atoms with Crippen molar-refractivity contribution in [2.24, 2.45) is 0 Å². The number of hydrogen-bond acceptors (Lipinski definition) is 5. The van der Waals surface area contributed by atoms with Gasteiger partial charge in [0.05, 0.1) is 16.5 Å². The third-order valence-electron chi connectivity index (χ3n) is 2.75. The van der Waals surface area contributed by atoms with Gasteiger partial charge >= 0.3 is 11.9 Å². The molecule has 114 valence electrons. The van der Waals surface area contributed by atoms with Crippen LogP contribution < -0.4 is 0 Å². The van der Waals surface area contributed by atoms with Crippen molar-refractivity contribution in [2.45, 2.75) is 6.61 Å². The molecule has 0 fully saturated rings. The molecule has 2 aromatic rings. The first-order valence-electron chi connectivity index (χ1n) is 6.34. The molecule has 22 heavy (non-hydrogen) atoms. The van der Waals surface area contributed by atoms with Crippen molar-refractivity contribution in [3.05, 3.63) is 62.3 Å². The van der Waals surface area contributed by atoms with Crippen LogP contribution in [0.15, 0.2) is 45.6 Å². The SMILES string of the molecule is COC(=O)c1ccc(/C=C/C(=O)OCc2csc(Br)c2)cc1. The van der Waals surface area contributed by atoms with Crippen molar-refractivity contribution < 1.29 is 19.1 Å². The summed E-state index contributed by atoms with van der Waals surface area (Å²) in [5.41, 5.74) is 2.20.